The third kappa shape index (κ3) is 4.71. The van der Waals surface area contributed by atoms with Crippen molar-refractivity contribution in [3.05, 3.63) is 47.4 Å². The Morgan fingerprint density at radius 1 is 1.30 bits per heavy atom. The SMILES string of the molecule is COc1c(NC(=O)c2cccc(C(C)(C)F)n2)cc2cn([C@H]3CC[C@H](CO)CC3)nc2c1C. The number of fused-ring (bicyclic) bond motifs is 1. The second-order valence-electron chi connectivity index (χ2n) is 9.32. The van der Waals surface area contributed by atoms with Crippen molar-refractivity contribution in [2.45, 2.75) is 58.2 Å². The lowest BCUT2D eigenvalue weighted by atomic mass is 9.87. The van der Waals surface area contributed by atoms with Crippen LogP contribution in [0.5, 0.6) is 5.75 Å². The number of amides is 1. The topological polar surface area (TPSA) is 89.3 Å². The van der Waals surface area contributed by atoms with Gasteiger partial charge in [-0.1, -0.05) is 6.07 Å². The van der Waals surface area contributed by atoms with Gasteiger partial charge in [-0.3, -0.25) is 9.48 Å². The molecule has 176 valence electrons. The summed E-state index contributed by atoms with van der Waals surface area (Å²) < 4.78 is 21.9. The number of aliphatic hydroxyl groups excluding tert-OH is 1. The lowest BCUT2D eigenvalue weighted by Crippen LogP contribution is -2.20. The Labute approximate surface area is 193 Å². The van der Waals surface area contributed by atoms with E-state index in [4.69, 9.17) is 9.84 Å². The summed E-state index contributed by atoms with van der Waals surface area (Å²) in [6.45, 7) is 4.98. The number of rotatable bonds is 6. The van der Waals surface area contributed by atoms with Gasteiger partial charge in [0.05, 0.1) is 30.0 Å². The van der Waals surface area contributed by atoms with E-state index in [0.717, 1.165) is 42.1 Å². The first-order chi connectivity index (χ1) is 15.7. The maximum absolute atomic E-state index is 14.3. The van der Waals surface area contributed by atoms with Crippen molar-refractivity contribution in [2.75, 3.05) is 19.0 Å². The standard InChI is InChI=1S/C25H31FN4O3/c1-15-22-17(13-30(29-22)18-10-8-16(14-31)9-11-18)12-20(23(15)33-4)28-24(32)19-6-5-7-21(27-19)25(2,3)26/h5-7,12-13,16,18,31H,8-11,14H2,1-4H3,(H,28,32)/t16-,18-. The van der Waals surface area contributed by atoms with Gasteiger partial charge in [0.1, 0.15) is 17.1 Å². The largest absolute Gasteiger partial charge is 0.494 e. The highest BCUT2D eigenvalue weighted by atomic mass is 19.1. The van der Waals surface area contributed by atoms with Gasteiger partial charge < -0.3 is 15.2 Å². The highest BCUT2D eigenvalue weighted by molar-refractivity contribution is 6.05. The second kappa shape index (κ2) is 9.09. The first-order valence-electron chi connectivity index (χ1n) is 11.4. The van der Waals surface area contributed by atoms with E-state index in [2.05, 4.69) is 10.3 Å². The molecule has 0 bridgehead atoms. The molecular weight excluding hydrogens is 423 g/mol. The zero-order valence-electron chi connectivity index (χ0n) is 19.6. The van der Waals surface area contributed by atoms with E-state index >= 15 is 0 Å². The van der Waals surface area contributed by atoms with Crippen molar-refractivity contribution < 1.29 is 19.0 Å². The molecule has 2 aromatic heterocycles. The third-order valence-corrected chi connectivity index (χ3v) is 6.49. The van der Waals surface area contributed by atoms with Crippen LogP contribution in [0.1, 0.15) is 67.3 Å². The molecule has 1 fully saturated rings. The normalized spacial score (nSPS) is 19.0. The lowest BCUT2D eigenvalue weighted by molar-refractivity contribution is 0.102. The lowest BCUT2D eigenvalue weighted by Gasteiger charge is -2.27. The minimum absolute atomic E-state index is 0.134. The Bertz CT molecular complexity index is 1160. The molecule has 0 atom stereocenters. The Morgan fingerprint density at radius 2 is 2.03 bits per heavy atom. The third-order valence-electron chi connectivity index (χ3n) is 6.49. The molecule has 2 N–H and O–H groups in total. The molecule has 0 unspecified atom stereocenters. The summed E-state index contributed by atoms with van der Waals surface area (Å²) in [5.74, 6) is 0.477. The van der Waals surface area contributed by atoms with Crippen LogP contribution in [0.2, 0.25) is 0 Å². The van der Waals surface area contributed by atoms with E-state index in [1.54, 1.807) is 25.3 Å². The maximum Gasteiger partial charge on any atom is 0.274 e. The van der Waals surface area contributed by atoms with Gasteiger partial charge in [-0.15, -0.1) is 0 Å². The van der Waals surface area contributed by atoms with Crippen molar-refractivity contribution in [1.82, 2.24) is 14.8 Å². The van der Waals surface area contributed by atoms with Crippen LogP contribution >= 0.6 is 0 Å². The molecule has 1 aliphatic carbocycles. The summed E-state index contributed by atoms with van der Waals surface area (Å²) in [5.41, 5.74) is 0.866. The number of aromatic nitrogens is 3. The fourth-order valence-electron chi connectivity index (χ4n) is 4.55. The number of hydrogen-bond donors (Lipinski definition) is 2. The van der Waals surface area contributed by atoms with Crippen molar-refractivity contribution in [2.24, 2.45) is 5.92 Å². The van der Waals surface area contributed by atoms with Crippen LogP contribution in [-0.2, 0) is 5.67 Å². The van der Waals surface area contributed by atoms with Gasteiger partial charge in [0.2, 0.25) is 0 Å². The molecule has 4 rings (SSSR count). The number of anilines is 1. The van der Waals surface area contributed by atoms with E-state index in [-0.39, 0.29) is 18.0 Å². The summed E-state index contributed by atoms with van der Waals surface area (Å²) in [5, 5.41) is 18.0. The van der Waals surface area contributed by atoms with E-state index < -0.39 is 11.6 Å². The predicted octanol–water partition coefficient (Wildman–Crippen LogP) is 4.93. The molecule has 1 aromatic carbocycles. The molecule has 0 radical (unpaired) electrons. The van der Waals surface area contributed by atoms with Gasteiger partial charge in [-0.05, 0) is 70.6 Å². The summed E-state index contributed by atoms with van der Waals surface area (Å²) in [6.07, 6.45) is 5.94. The Morgan fingerprint density at radius 3 is 2.67 bits per heavy atom. The number of nitrogens with one attached hydrogen (secondary N) is 1. The smallest absolute Gasteiger partial charge is 0.274 e. The molecule has 0 aliphatic heterocycles. The van der Waals surface area contributed by atoms with Crippen molar-refractivity contribution in [1.29, 1.82) is 0 Å². The number of benzene rings is 1. The number of aliphatic hydroxyl groups is 1. The van der Waals surface area contributed by atoms with Gasteiger partial charge in [0.15, 0.2) is 0 Å². The van der Waals surface area contributed by atoms with Crippen LogP contribution in [0.4, 0.5) is 10.1 Å². The number of hydrogen-bond acceptors (Lipinski definition) is 5. The number of carbonyl (C=O) groups is 1. The molecule has 1 aliphatic rings. The van der Waals surface area contributed by atoms with Crippen molar-refractivity contribution in [3.63, 3.8) is 0 Å². The Kier molecular flexibility index (Phi) is 6.38. The molecule has 33 heavy (non-hydrogen) atoms. The van der Waals surface area contributed by atoms with Crippen LogP contribution in [0.3, 0.4) is 0 Å². The van der Waals surface area contributed by atoms with Gasteiger partial charge >= 0.3 is 0 Å². The molecule has 3 aromatic rings. The van der Waals surface area contributed by atoms with Crippen molar-refractivity contribution >= 4 is 22.5 Å². The van der Waals surface area contributed by atoms with E-state index in [9.17, 15) is 14.3 Å². The number of alkyl halides is 1. The number of halogens is 1. The molecule has 1 saturated carbocycles. The average molecular weight is 455 g/mol. The monoisotopic (exact) mass is 454 g/mol. The van der Waals surface area contributed by atoms with E-state index in [1.807, 2.05) is 23.9 Å². The number of ether oxygens (including phenoxy) is 1. The summed E-state index contributed by atoms with van der Waals surface area (Å²) in [4.78, 5) is 17.1. The van der Waals surface area contributed by atoms with Crippen molar-refractivity contribution in [3.8, 4) is 5.75 Å². The molecule has 0 saturated heterocycles. The summed E-state index contributed by atoms with van der Waals surface area (Å²) in [6, 6.07) is 6.89. The highest BCUT2D eigenvalue weighted by Crippen LogP contribution is 2.37. The summed E-state index contributed by atoms with van der Waals surface area (Å²) >= 11 is 0. The van der Waals surface area contributed by atoms with E-state index in [1.165, 1.54) is 13.8 Å². The molecule has 2 heterocycles. The maximum atomic E-state index is 14.3. The number of aryl methyl sites for hydroxylation is 1. The van der Waals surface area contributed by atoms with Crippen LogP contribution in [0.15, 0.2) is 30.5 Å². The quantitative estimate of drug-likeness (QED) is 0.551. The van der Waals surface area contributed by atoms with Crippen LogP contribution in [-0.4, -0.2) is 39.5 Å². The molecule has 1 amide bonds. The van der Waals surface area contributed by atoms with Crippen LogP contribution < -0.4 is 10.1 Å². The number of nitrogens with zero attached hydrogens (tertiary/aromatic N) is 3. The van der Waals surface area contributed by atoms with Gasteiger partial charge in [-0.25, -0.2) is 9.37 Å². The number of carbonyl (C=O) groups excluding carboxylic acids is 1. The minimum Gasteiger partial charge on any atom is -0.494 e. The Hall–Kier alpha value is -3.00. The summed E-state index contributed by atoms with van der Waals surface area (Å²) in [7, 11) is 1.56. The fourth-order valence-corrected chi connectivity index (χ4v) is 4.55. The zero-order valence-corrected chi connectivity index (χ0v) is 19.6. The Balaban J connectivity index is 1.63. The first kappa shape index (κ1) is 23.2. The minimum atomic E-state index is -1.64. The molecule has 7 nitrogen and oxygen atoms in total. The average Bonchev–Trinajstić information content (AvgIpc) is 3.23. The molecular formula is C25H31FN4O3. The van der Waals surface area contributed by atoms with Gasteiger partial charge in [0, 0.05) is 23.8 Å². The second-order valence-corrected chi connectivity index (χ2v) is 9.32. The van der Waals surface area contributed by atoms with Gasteiger partial charge in [0.25, 0.3) is 5.91 Å². The molecule has 8 heteroatoms. The van der Waals surface area contributed by atoms with Crippen LogP contribution in [0.25, 0.3) is 10.9 Å². The van der Waals surface area contributed by atoms with E-state index in [0.29, 0.717) is 23.4 Å². The molecule has 0 spiro atoms. The predicted molar refractivity (Wildman–Crippen MR) is 125 cm³/mol. The van der Waals surface area contributed by atoms with Crippen LogP contribution in [0, 0.1) is 12.8 Å². The number of pyridine rings is 1. The number of methoxy groups -OCH3 is 1. The fraction of sp³-hybridized carbons (Fsp3) is 0.480. The van der Waals surface area contributed by atoms with Gasteiger partial charge in [-0.2, -0.15) is 5.10 Å². The first-order valence-corrected chi connectivity index (χ1v) is 11.4. The zero-order chi connectivity index (χ0) is 23.8. The highest BCUT2D eigenvalue weighted by Gasteiger charge is 2.25.